The van der Waals surface area contributed by atoms with Crippen LogP contribution in [0.25, 0.3) is 27.5 Å². The van der Waals surface area contributed by atoms with E-state index in [9.17, 15) is 8.78 Å². The van der Waals surface area contributed by atoms with E-state index in [4.69, 9.17) is 5.73 Å². The average Bonchev–Trinajstić information content (AvgIpc) is 3.29. The monoisotopic (exact) mass is 357 g/mol. The molecule has 7 nitrogen and oxygen atoms in total. The molecule has 0 aliphatic rings. The number of nitrogens with two attached hydrogens (primary N) is 1. The van der Waals surface area contributed by atoms with Gasteiger partial charge in [-0.05, 0) is 28.6 Å². The van der Waals surface area contributed by atoms with Crippen LogP contribution in [0.15, 0.2) is 42.2 Å². The van der Waals surface area contributed by atoms with Gasteiger partial charge in [-0.15, -0.1) is 16.4 Å². The molecule has 0 unspecified atom stereocenters. The van der Waals surface area contributed by atoms with Crippen molar-refractivity contribution >= 4 is 17.2 Å². The van der Waals surface area contributed by atoms with Crippen LogP contribution in [0.3, 0.4) is 0 Å². The number of nitrogens with zero attached hydrogens (tertiary/aromatic N) is 6. The van der Waals surface area contributed by atoms with Gasteiger partial charge in [0, 0.05) is 18.0 Å². The molecular formula is C15H9F2N7S. The molecule has 0 radical (unpaired) electrons. The maximum absolute atomic E-state index is 14.1. The van der Waals surface area contributed by atoms with Gasteiger partial charge >= 0.3 is 0 Å². The predicted molar refractivity (Wildman–Crippen MR) is 87.8 cm³/mol. The summed E-state index contributed by atoms with van der Waals surface area (Å²) in [7, 11) is 0. The number of pyridine rings is 1. The minimum Gasteiger partial charge on any atom is -0.383 e. The lowest BCUT2D eigenvalue weighted by molar-refractivity contribution is 0.501. The summed E-state index contributed by atoms with van der Waals surface area (Å²) in [5.41, 5.74) is 8.69. The van der Waals surface area contributed by atoms with E-state index in [1.165, 1.54) is 23.5 Å². The van der Waals surface area contributed by atoms with Crippen LogP contribution >= 0.6 is 11.3 Å². The number of hydrogen-bond donors (Lipinski definition) is 1. The minimum absolute atomic E-state index is 0.123. The third-order valence-electron chi connectivity index (χ3n) is 3.51. The second kappa shape index (κ2) is 5.98. The van der Waals surface area contributed by atoms with E-state index < -0.39 is 11.6 Å². The summed E-state index contributed by atoms with van der Waals surface area (Å²) in [6, 6.07) is 5.49. The van der Waals surface area contributed by atoms with Crippen LogP contribution in [-0.2, 0) is 0 Å². The minimum atomic E-state index is -1.05. The molecule has 0 spiro atoms. The summed E-state index contributed by atoms with van der Waals surface area (Å²) in [5, 5.41) is 11.2. The Kier molecular flexibility index (Phi) is 3.65. The number of thiazole rings is 1. The smallest absolute Gasteiger partial charge is 0.190 e. The molecule has 4 rings (SSSR count). The second-order valence-corrected chi connectivity index (χ2v) is 5.90. The van der Waals surface area contributed by atoms with Crippen LogP contribution in [0.5, 0.6) is 0 Å². The Hall–Kier alpha value is -3.27. The zero-order valence-corrected chi connectivity index (χ0v) is 13.3. The molecule has 10 heteroatoms. The van der Waals surface area contributed by atoms with Crippen LogP contribution in [0.2, 0.25) is 0 Å². The summed E-state index contributed by atoms with van der Waals surface area (Å²) in [6.45, 7) is 0. The van der Waals surface area contributed by atoms with Crippen molar-refractivity contribution in [1.82, 2.24) is 30.2 Å². The van der Waals surface area contributed by atoms with E-state index in [-0.39, 0.29) is 17.3 Å². The van der Waals surface area contributed by atoms with Crippen molar-refractivity contribution in [1.29, 1.82) is 0 Å². The fraction of sp³-hybridized carbons (Fsp3) is 0. The number of benzene rings is 1. The summed E-state index contributed by atoms with van der Waals surface area (Å²) >= 11 is 1.43. The standard InChI is InChI=1S/C15H9F2N7S/c16-10-2-1-3-11(13(10)17)24-15(21-22-23-24)9-4-8(5-20-14(9)18)12-6-19-7-25-12/h1-7H,(H2,18,20). The molecule has 1 aromatic carbocycles. The average molecular weight is 357 g/mol. The van der Waals surface area contributed by atoms with Crippen molar-refractivity contribution in [2.45, 2.75) is 0 Å². The van der Waals surface area contributed by atoms with Crippen molar-refractivity contribution in [3.05, 3.63) is 53.8 Å². The first-order valence-corrected chi connectivity index (χ1v) is 7.90. The Bertz CT molecular complexity index is 1050. The van der Waals surface area contributed by atoms with Gasteiger partial charge < -0.3 is 5.73 Å². The molecule has 0 bridgehead atoms. The Morgan fingerprint density at radius 1 is 1.16 bits per heavy atom. The molecule has 3 heterocycles. The second-order valence-electron chi connectivity index (χ2n) is 5.01. The molecule has 25 heavy (non-hydrogen) atoms. The number of hydrogen-bond acceptors (Lipinski definition) is 7. The van der Waals surface area contributed by atoms with E-state index in [1.54, 1.807) is 24.0 Å². The molecule has 124 valence electrons. The van der Waals surface area contributed by atoms with Crippen LogP contribution < -0.4 is 5.73 Å². The number of halogens is 2. The predicted octanol–water partition coefficient (Wildman–Crippen LogP) is 2.71. The first-order chi connectivity index (χ1) is 12.1. The molecule has 0 amide bonds. The number of tetrazole rings is 1. The van der Waals surface area contributed by atoms with E-state index in [0.29, 0.717) is 5.56 Å². The van der Waals surface area contributed by atoms with Crippen molar-refractivity contribution in [3.8, 4) is 27.5 Å². The van der Waals surface area contributed by atoms with Crippen LogP contribution in [-0.4, -0.2) is 30.2 Å². The van der Waals surface area contributed by atoms with Gasteiger partial charge in [-0.1, -0.05) is 6.07 Å². The first-order valence-electron chi connectivity index (χ1n) is 7.02. The normalized spacial score (nSPS) is 11.0. The zero-order valence-electron chi connectivity index (χ0n) is 12.5. The van der Waals surface area contributed by atoms with Gasteiger partial charge in [-0.3, -0.25) is 4.98 Å². The van der Waals surface area contributed by atoms with Gasteiger partial charge in [0.1, 0.15) is 11.5 Å². The van der Waals surface area contributed by atoms with Crippen molar-refractivity contribution in [2.75, 3.05) is 5.73 Å². The highest BCUT2D eigenvalue weighted by Gasteiger charge is 2.19. The third-order valence-corrected chi connectivity index (χ3v) is 4.33. The van der Waals surface area contributed by atoms with Crippen LogP contribution in [0.1, 0.15) is 0 Å². The molecule has 0 aliphatic heterocycles. The molecule has 2 N–H and O–H groups in total. The highest BCUT2D eigenvalue weighted by Crippen LogP contribution is 2.31. The van der Waals surface area contributed by atoms with Crippen LogP contribution in [0, 0.1) is 11.6 Å². The van der Waals surface area contributed by atoms with Crippen molar-refractivity contribution < 1.29 is 8.78 Å². The van der Waals surface area contributed by atoms with Gasteiger partial charge in [-0.2, -0.15) is 4.68 Å². The molecule has 3 aromatic heterocycles. The lowest BCUT2D eigenvalue weighted by atomic mass is 10.1. The maximum atomic E-state index is 14.1. The Balaban J connectivity index is 1.89. The zero-order chi connectivity index (χ0) is 17.4. The number of rotatable bonds is 3. The number of nitrogen functional groups attached to an aromatic ring is 1. The molecule has 0 atom stereocenters. The molecule has 0 aliphatic carbocycles. The van der Waals surface area contributed by atoms with Gasteiger partial charge in [0.15, 0.2) is 17.5 Å². The quantitative estimate of drug-likeness (QED) is 0.606. The highest BCUT2D eigenvalue weighted by atomic mass is 32.1. The topological polar surface area (TPSA) is 95.4 Å². The van der Waals surface area contributed by atoms with Gasteiger partial charge in [0.2, 0.25) is 0 Å². The molecule has 4 aromatic rings. The fourth-order valence-electron chi connectivity index (χ4n) is 2.32. The van der Waals surface area contributed by atoms with Crippen molar-refractivity contribution in [3.63, 3.8) is 0 Å². The summed E-state index contributed by atoms with van der Waals surface area (Å²) in [5.74, 6) is -1.73. The molecular weight excluding hydrogens is 348 g/mol. The Labute approximate surface area is 143 Å². The molecule has 0 fully saturated rings. The fourth-order valence-corrected chi connectivity index (χ4v) is 2.93. The summed E-state index contributed by atoms with van der Waals surface area (Å²) < 4.78 is 28.7. The molecule has 0 saturated heterocycles. The Morgan fingerprint density at radius 2 is 2.04 bits per heavy atom. The van der Waals surface area contributed by atoms with E-state index >= 15 is 0 Å². The summed E-state index contributed by atoms with van der Waals surface area (Å²) in [4.78, 5) is 9.05. The highest BCUT2D eigenvalue weighted by molar-refractivity contribution is 7.13. The third kappa shape index (κ3) is 2.62. The van der Waals surface area contributed by atoms with E-state index in [2.05, 4.69) is 25.5 Å². The van der Waals surface area contributed by atoms with Crippen LogP contribution in [0.4, 0.5) is 14.6 Å². The largest absolute Gasteiger partial charge is 0.383 e. The molecule has 0 saturated carbocycles. The number of anilines is 1. The van der Waals surface area contributed by atoms with E-state index in [1.807, 2.05) is 0 Å². The Morgan fingerprint density at radius 3 is 2.84 bits per heavy atom. The first kappa shape index (κ1) is 15.3. The van der Waals surface area contributed by atoms with E-state index in [0.717, 1.165) is 21.2 Å². The lowest BCUT2D eigenvalue weighted by Gasteiger charge is -2.09. The lowest BCUT2D eigenvalue weighted by Crippen LogP contribution is -2.06. The number of aromatic nitrogens is 6. The maximum Gasteiger partial charge on any atom is 0.190 e. The SMILES string of the molecule is Nc1ncc(-c2cncs2)cc1-c1nnnn1-c1cccc(F)c1F. The van der Waals surface area contributed by atoms with Crippen molar-refractivity contribution in [2.24, 2.45) is 0 Å². The summed E-state index contributed by atoms with van der Waals surface area (Å²) in [6.07, 6.45) is 3.29. The van der Waals surface area contributed by atoms with Gasteiger partial charge in [0.25, 0.3) is 0 Å². The van der Waals surface area contributed by atoms with Gasteiger partial charge in [0.05, 0.1) is 16.0 Å². The van der Waals surface area contributed by atoms with Gasteiger partial charge in [-0.25, -0.2) is 13.8 Å².